The molecular weight excluding hydrogens is 396 g/mol. The van der Waals surface area contributed by atoms with E-state index in [2.05, 4.69) is 46.5 Å². The zero-order chi connectivity index (χ0) is 20.5. The molecule has 1 aliphatic carbocycles. The van der Waals surface area contributed by atoms with Crippen molar-refractivity contribution >= 4 is 17.3 Å². The van der Waals surface area contributed by atoms with Crippen LogP contribution in [0.15, 0.2) is 47.0 Å². The van der Waals surface area contributed by atoms with Gasteiger partial charge in [-0.05, 0) is 36.5 Å². The quantitative estimate of drug-likeness (QED) is 0.557. The van der Waals surface area contributed by atoms with Gasteiger partial charge in [0, 0.05) is 36.1 Å². The van der Waals surface area contributed by atoms with Crippen molar-refractivity contribution < 1.29 is 14.4 Å². The topological polar surface area (TPSA) is 66.6 Å². The van der Waals surface area contributed by atoms with E-state index >= 15 is 0 Å². The highest BCUT2D eigenvalue weighted by Crippen LogP contribution is 2.35. The molecule has 30 heavy (non-hydrogen) atoms. The summed E-state index contributed by atoms with van der Waals surface area (Å²) in [7, 11) is 0. The van der Waals surface area contributed by atoms with Crippen molar-refractivity contribution in [2.75, 3.05) is 13.1 Å². The van der Waals surface area contributed by atoms with Crippen LogP contribution < -0.4 is 0 Å². The molecule has 5 rings (SSSR count). The normalized spacial score (nSPS) is 18.4. The monoisotopic (exact) mass is 422 g/mol. The van der Waals surface area contributed by atoms with Crippen LogP contribution in [0.25, 0.3) is 21.9 Å². The van der Waals surface area contributed by atoms with E-state index in [0.29, 0.717) is 19.0 Å². The maximum absolute atomic E-state index is 10.9. The number of carbonyl (C=O) groups is 1. The van der Waals surface area contributed by atoms with Gasteiger partial charge in [-0.1, -0.05) is 48.7 Å². The largest absolute Gasteiger partial charge is 0.481 e. The second-order valence-corrected chi connectivity index (χ2v) is 9.70. The summed E-state index contributed by atoms with van der Waals surface area (Å²) < 4.78 is 5.63. The summed E-state index contributed by atoms with van der Waals surface area (Å²) in [5.74, 6) is 0.592. The van der Waals surface area contributed by atoms with E-state index in [1.165, 1.54) is 42.5 Å². The Labute approximate surface area is 180 Å². The Hall–Kier alpha value is -2.44. The molecule has 5 nitrogen and oxygen atoms in total. The molecule has 0 spiro atoms. The summed E-state index contributed by atoms with van der Waals surface area (Å²) in [6.45, 7) is 2.06. The van der Waals surface area contributed by atoms with E-state index in [0.717, 1.165) is 28.4 Å². The maximum Gasteiger partial charge on any atom is 0.309 e. The van der Waals surface area contributed by atoms with Crippen molar-refractivity contribution in [3.63, 3.8) is 0 Å². The average Bonchev–Trinajstić information content (AvgIpc) is 3.40. The number of rotatable bonds is 6. The number of hydrogen-bond acceptors (Lipinski definition) is 5. The van der Waals surface area contributed by atoms with Crippen molar-refractivity contribution in [3.05, 3.63) is 52.9 Å². The number of thiophene rings is 1. The van der Waals surface area contributed by atoms with Gasteiger partial charge in [0.2, 0.25) is 0 Å². The van der Waals surface area contributed by atoms with Crippen LogP contribution in [-0.4, -0.2) is 34.2 Å². The van der Waals surface area contributed by atoms with Gasteiger partial charge in [0.1, 0.15) is 5.69 Å². The molecule has 1 saturated heterocycles. The van der Waals surface area contributed by atoms with Crippen molar-refractivity contribution in [1.82, 2.24) is 10.1 Å². The summed E-state index contributed by atoms with van der Waals surface area (Å²) in [6.07, 6.45) is 6.68. The van der Waals surface area contributed by atoms with E-state index in [1.807, 2.05) is 6.07 Å². The molecule has 0 amide bonds. The van der Waals surface area contributed by atoms with Crippen molar-refractivity contribution in [3.8, 4) is 21.9 Å². The molecule has 6 heteroatoms. The number of carboxylic acid groups (broad SMARTS) is 1. The number of aromatic nitrogens is 1. The molecule has 0 bridgehead atoms. The predicted octanol–water partition coefficient (Wildman–Crippen LogP) is 5.63. The molecule has 1 saturated carbocycles. The van der Waals surface area contributed by atoms with Crippen molar-refractivity contribution in [2.45, 2.75) is 44.6 Å². The smallest absolute Gasteiger partial charge is 0.309 e. The molecule has 0 unspecified atom stereocenters. The first-order chi connectivity index (χ1) is 14.7. The fourth-order valence-electron chi connectivity index (χ4n) is 4.56. The molecule has 3 aromatic rings. The van der Waals surface area contributed by atoms with E-state index < -0.39 is 5.97 Å². The molecule has 1 aromatic carbocycles. The van der Waals surface area contributed by atoms with E-state index in [-0.39, 0.29) is 5.92 Å². The van der Waals surface area contributed by atoms with Gasteiger partial charge in [-0.2, -0.15) is 0 Å². The minimum atomic E-state index is -0.694. The SMILES string of the molecule is O=C(O)C1CN(Cc2ccc(-c3cc(-c4ccc(C5CCCCC5)cc4)on3)s2)C1. The highest BCUT2D eigenvalue weighted by Gasteiger charge is 2.32. The second-order valence-electron chi connectivity index (χ2n) is 8.53. The molecule has 0 radical (unpaired) electrons. The zero-order valence-electron chi connectivity index (χ0n) is 16.9. The molecular formula is C24H26N2O3S. The minimum absolute atomic E-state index is 0.216. The number of carboxylic acids is 1. The summed E-state index contributed by atoms with van der Waals surface area (Å²) in [5, 5.41) is 13.3. The average molecular weight is 423 g/mol. The lowest BCUT2D eigenvalue weighted by atomic mass is 9.84. The number of benzene rings is 1. The van der Waals surface area contributed by atoms with Crippen LogP contribution >= 0.6 is 11.3 Å². The van der Waals surface area contributed by atoms with Gasteiger partial charge in [-0.25, -0.2) is 0 Å². The minimum Gasteiger partial charge on any atom is -0.481 e. The van der Waals surface area contributed by atoms with Crippen LogP contribution in [-0.2, 0) is 11.3 Å². The lowest BCUT2D eigenvalue weighted by Crippen LogP contribution is -2.49. The zero-order valence-corrected chi connectivity index (χ0v) is 17.7. The van der Waals surface area contributed by atoms with Crippen molar-refractivity contribution in [2.24, 2.45) is 5.92 Å². The fourth-order valence-corrected chi connectivity index (χ4v) is 5.56. The molecule has 2 fully saturated rings. The Morgan fingerprint density at radius 2 is 1.87 bits per heavy atom. The van der Waals surface area contributed by atoms with Crippen LogP contribution in [0.3, 0.4) is 0 Å². The highest BCUT2D eigenvalue weighted by molar-refractivity contribution is 7.15. The first-order valence-electron chi connectivity index (χ1n) is 10.8. The van der Waals surface area contributed by atoms with Crippen LogP contribution in [0.4, 0.5) is 0 Å². The van der Waals surface area contributed by atoms with Gasteiger partial charge in [0.25, 0.3) is 0 Å². The Balaban J connectivity index is 1.23. The Bertz CT molecular complexity index is 1010. The highest BCUT2D eigenvalue weighted by atomic mass is 32.1. The molecule has 3 heterocycles. The summed E-state index contributed by atoms with van der Waals surface area (Å²) in [4.78, 5) is 15.4. The molecule has 2 aromatic heterocycles. The molecule has 1 N–H and O–H groups in total. The summed E-state index contributed by atoms with van der Waals surface area (Å²) in [5.41, 5.74) is 3.35. The summed E-state index contributed by atoms with van der Waals surface area (Å²) in [6, 6.07) is 15.0. The van der Waals surface area contributed by atoms with Crippen LogP contribution in [0.5, 0.6) is 0 Å². The Morgan fingerprint density at radius 1 is 1.10 bits per heavy atom. The molecule has 156 valence electrons. The number of hydrogen-bond donors (Lipinski definition) is 1. The standard InChI is InChI=1S/C24H26N2O3S/c27-24(28)19-13-26(14-19)15-20-10-11-23(30-20)21-12-22(29-25-21)18-8-6-17(7-9-18)16-4-2-1-3-5-16/h6-12,16,19H,1-5,13-15H2,(H,27,28). The van der Waals surface area contributed by atoms with Gasteiger partial charge < -0.3 is 9.63 Å². The maximum atomic E-state index is 10.9. The van der Waals surface area contributed by atoms with Gasteiger partial charge in [0.05, 0.1) is 10.8 Å². The van der Waals surface area contributed by atoms with Gasteiger partial charge >= 0.3 is 5.97 Å². The first-order valence-corrected chi connectivity index (χ1v) is 11.6. The number of nitrogens with zero attached hydrogens (tertiary/aromatic N) is 2. The first kappa shape index (κ1) is 19.5. The van der Waals surface area contributed by atoms with E-state index in [1.54, 1.807) is 11.3 Å². The summed E-state index contributed by atoms with van der Waals surface area (Å²) >= 11 is 1.69. The van der Waals surface area contributed by atoms with Crippen molar-refractivity contribution in [1.29, 1.82) is 0 Å². The van der Waals surface area contributed by atoms with Gasteiger partial charge in [-0.3, -0.25) is 9.69 Å². The number of aliphatic carboxylic acids is 1. The third-order valence-electron chi connectivity index (χ3n) is 6.38. The second kappa shape index (κ2) is 8.36. The molecule has 2 aliphatic rings. The Kier molecular flexibility index (Phi) is 5.44. The molecule has 1 aliphatic heterocycles. The predicted molar refractivity (Wildman–Crippen MR) is 117 cm³/mol. The lowest BCUT2D eigenvalue weighted by Gasteiger charge is -2.36. The fraction of sp³-hybridized carbons (Fsp3) is 0.417. The third-order valence-corrected chi connectivity index (χ3v) is 7.47. The molecule has 0 atom stereocenters. The Morgan fingerprint density at radius 3 is 2.60 bits per heavy atom. The van der Waals surface area contributed by atoms with Crippen LogP contribution in [0.1, 0.15) is 48.5 Å². The van der Waals surface area contributed by atoms with Gasteiger partial charge in [0.15, 0.2) is 5.76 Å². The van der Waals surface area contributed by atoms with Crippen LogP contribution in [0, 0.1) is 5.92 Å². The lowest BCUT2D eigenvalue weighted by molar-refractivity contribution is -0.147. The van der Waals surface area contributed by atoms with E-state index in [9.17, 15) is 4.79 Å². The van der Waals surface area contributed by atoms with E-state index in [4.69, 9.17) is 9.63 Å². The third kappa shape index (κ3) is 4.07. The van der Waals surface area contributed by atoms with Crippen LogP contribution in [0.2, 0.25) is 0 Å². The number of likely N-dealkylation sites (tertiary alicyclic amines) is 1. The van der Waals surface area contributed by atoms with Gasteiger partial charge in [-0.15, -0.1) is 11.3 Å².